The van der Waals surface area contributed by atoms with E-state index in [2.05, 4.69) is 0 Å². The highest BCUT2D eigenvalue weighted by Crippen LogP contribution is 2.30. The molecule has 0 aliphatic heterocycles. The maximum Gasteiger partial charge on any atom is 0.184 e. The Morgan fingerprint density at radius 3 is 2.71 bits per heavy atom. The Hall–Kier alpha value is -2.59. The zero-order chi connectivity index (χ0) is 17.5. The van der Waals surface area contributed by atoms with Crippen LogP contribution >= 0.6 is 0 Å². The van der Waals surface area contributed by atoms with Crippen molar-refractivity contribution in [1.82, 2.24) is 0 Å². The van der Waals surface area contributed by atoms with Crippen molar-refractivity contribution in [2.45, 2.75) is 20.0 Å². The van der Waals surface area contributed by atoms with E-state index in [1.54, 1.807) is 19.3 Å². The predicted octanol–water partition coefficient (Wildman–Crippen LogP) is 3.48. The molecule has 0 saturated heterocycles. The van der Waals surface area contributed by atoms with E-state index in [-0.39, 0.29) is 18.5 Å². The van der Waals surface area contributed by atoms with Crippen molar-refractivity contribution in [3.05, 3.63) is 65.3 Å². The van der Waals surface area contributed by atoms with Crippen molar-refractivity contribution < 1.29 is 19.4 Å². The first kappa shape index (κ1) is 17.8. The zero-order valence-electron chi connectivity index (χ0n) is 14.2. The third-order valence-electron chi connectivity index (χ3n) is 3.54. The quantitative estimate of drug-likeness (QED) is 0.869. The van der Waals surface area contributed by atoms with E-state index in [1.807, 2.05) is 50.3 Å². The molecule has 24 heavy (non-hydrogen) atoms. The Labute approximate surface area is 142 Å². The van der Waals surface area contributed by atoms with Crippen LogP contribution in [0.15, 0.2) is 59.7 Å². The van der Waals surface area contributed by atoms with E-state index < -0.39 is 0 Å². The van der Waals surface area contributed by atoms with Gasteiger partial charge in [0, 0.05) is 5.57 Å². The van der Waals surface area contributed by atoms with Gasteiger partial charge in [0.1, 0.15) is 6.10 Å². The molecule has 0 radical (unpaired) electrons. The van der Waals surface area contributed by atoms with Crippen molar-refractivity contribution in [2.75, 3.05) is 13.7 Å². The van der Waals surface area contributed by atoms with Crippen LogP contribution in [0.25, 0.3) is 6.08 Å². The molecule has 0 bridgehead atoms. The van der Waals surface area contributed by atoms with Gasteiger partial charge in [-0.05, 0) is 55.3 Å². The van der Waals surface area contributed by atoms with Crippen LogP contribution in [-0.4, -0.2) is 30.7 Å². The number of aliphatic hydroxyl groups is 1. The van der Waals surface area contributed by atoms with Gasteiger partial charge in [0.05, 0.1) is 13.7 Å². The van der Waals surface area contributed by atoms with Crippen LogP contribution in [0.2, 0.25) is 0 Å². The standard InChI is InChI=1S/C20H22O4/c1-4-5-15-7-9-19(20(12-15)23-3)24-14(2)10-16-6-8-18(22)17(11-16)13-21/h4-12,14,21H,13H2,1-3H3/b5-4+,16-10+. The van der Waals surface area contributed by atoms with Gasteiger partial charge in [-0.15, -0.1) is 0 Å². The summed E-state index contributed by atoms with van der Waals surface area (Å²) in [6, 6.07) is 5.75. The number of hydrogen-bond donors (Lipinski definition) is 1. The number of ether oxygens (including phenoxy) is 2. The van der Waals surface area contributed by atoms with Gasteiger partial charge < -0.3 is 14.6 Å². The fraction of sp³-hybridized carbons (Fsp3) is 0.250. The molecule has 4 nitrogen and oxygen atoms in total. The fourth-order valence-electron chi connectivity index (χ4n) is 2.41. The topological polar surface area (TPSA) is 55.8 Å². The van der Waals surface area contributed by atoms with Gasteiger partial charge >= 0.3 is 0 Å². The minimum atomic E-state index is -0.268. The van der Waals surface area contributed by atoms with Crippen LogP contribution in [-0.2, 0) is 4.79 Å². The highest BCUT2D eigenvalue weighted by atomic mass is 16.5. The molecule has 1 aliphatic carbocycles. The summed E-state index contributed by atoms with van der Waals surface area (Å²) >= 11 is 0. The molecule has 126 valence electrons. The summed E-state index contributed by atoms with van der Waals surface area (Å²) in [7, 11) is 1.61. The average molecular weight is 326 g/mol. The smallest absolute Gasteiger partial charge is 0.184 e. The van der Waals surface area contributed by atoms with E-state index >= 15 is 0 Å². The van der Waals surface area contributed by atoms with Crippen LogP contribution in [0.3, 0.4) is 0 Å². The number of aliphatic hydroxyl groups excluding tert-OH is 1. The Morgan fingerprint density at radius 2 is 2.04 bits per heavy atom. The number of carbonyl (C=O) groups excluding carboxylic acids is 1. The van der Waals surface area contributed by atoms with Gasteiger partial charge in [-0.25, -0.2) is 0 Å². The lowest BCUT2D eigenvalue weighted by molar-refractivity contribution is -0.111. The van der Waals surface area contributed by atoms with Crippen LogP contribution in [0.5, 0.6) is 11.5 Å². The molecule has 2 rings (SSSR count). The second-order valence-corrected chi connectivity index (χ2v) is 5.43. The van der Waals surface area contributed by atoms with Crippen molar-refractivity contribution in [3.8, 4) is 11.5 Å². The summed E-state index contributed by atoms with van der Waals surface area (Å²) in [5, 5.41) is 9.18. The molecule has 0 spiro atoms. The summed E-state index contributed by atoms with van der Waals surface area (Å²) in [6.07, 6.45) is 10.5. The first-order chi connectivity index (χ1) is 11.6. The lowest BCUT2D eigenvalue weighted by Gasteiger charge is -2.16. The van der Waals surface area contributed by atoms with Crippen molar-refractivity contribution >= 4 is 11.9 Å². The third-order valence-corrected chi connectivity index (χ3v) is 3.54. The van der Waals surface area contributed by atoms with Crippen LogP contribution in [0, 0.1) is 0 Å². The lowest BCUT2D eigenvalue weighted by Crippen LogP contribution is -2.12. The Bertz CT molecular complexity index is 723. The van der Waals surface area contributed by atoms with Gasteiger partial charge in [0.2, 0.25) is 0 Å². The minimum absolute atomic E-state index is 0.163. The summed E-state index contributed by atoms with van der Waals surface area (Å²) in [4.78, 5) is 11.5. The number of rotatable bonds is 6. The monoisotopic (exact) mass is 326 g/mol. The molecule has 0 heterocycles. The Morgan fingerprint density at radius 1 is 1.25 bits per heavy atom. The number of carbonyl (C=O) groups is 1. The summed E-state index contributed by atoms with van der Waals surface area (Å²) in [5.41, 5.74) is 2.25. The Kier molecular flexibility index (Phi) is 6.15. The normalized spacial score (nSPS) is 17.2. The molecule has 0 fully saturated rings. The highest BCUT2D eigenvalue weighted by Gasteiger charge is 2.12. The second kappa shape index (κ2) is 8.31. The van der Waals surface area contributed by atoms with Crippen molar-refractivity contribution in [3.63, 3.8) is 0 Å². The summed E-state index contributed by atoms with van der Waals surface area (Å²) < 4.78 is 11.3. The number of allylic oxidation sites excluding steroid dienone is 5. The average Bonchev–Trinajstić information content (AvgIpc) is 2.58. The molecule has 0 aromatic heterocycles. The number of methoxy groups -OCH3 is 1. The fourth-order valence-corrected chi connectivity index (χ4v) is 2.41. The lowest BCUT2D eigenvalue weighted by atomic mass is 10.0. The first-order valence-corrected chi connectivity index (χ1v) is 7.80. The molecule has 0 saturated carbocycles. The van der Waals surface area contributed by atoms with Crippen LogP contribution < -0.4 is 9.47 Å². The molecular weight excluding hydrogens is 304 g/mol. The van der Waals surface area contributed by atoms with Crippen molar-refractivity contribution in [1.29, 1.82) is 0 Å². The minimum Gasteiger partial charge on any atom is -0.493 e. The molecule has 1 aromatic carbocycles. The largest absolute Gasteiger partial charge is 0.493 e. The van der Waals surface area contributed by atoms with Gasteiger partial charge in [-0.1, -0.05) is 24.3 Å². The van der Waals surface area contributed by atoms with Crippen LogP contribution in [0.1, 0.15) is 19.4 Å². The predicted molar refractivity (Wildman–Crippen MR) is 95.2 cm³/mol. The van der Waals surface area contributed by atoms with Gasteiger partial charge in [0.15, 0.2) is 17.3 Å². The highest BCUT2D eigenvalue weighted by molar-refractivity contribution is 6.06. The number of ketones is 1. The van der Waals surface area contributed by atoms with E-state index in [0.29, 0.717) is 17.1 Å². The van der Waals surface area contributed by atoms with Gasteiger partial charge in [0.25, 0.3) is 0 Å². The molecule has 1 aliphatic rings. The van der Waals surface area contributed by atoms with Crippen LogP contribution in [0.4, 0.5) is 0 Å². The Balaban J connectivity index is 2.16. The second-order valence-electron chi connectivity index (χ2n) is 5.43. The molecule has 1 aromatic rings. The molecule has 1 unspecified atom stereocenters. The zero-order valence-corrected chi connectivity index (χ0v) is 14.2. The maximum absolute atomic E-state index is 11.5. The first-order valence-electron chi connectivity index (χ1n) is 7.80. The van der Waals surface area contributed by atoms with Gasteiger partial charge in [-0.3, -0.25) is 4.79 Å². The molecule has 4 heteroatoms. The van der Waals surface area contributed by atoms with E-state index in [0.717, 1.165) is 11.1 Å². The summed E-state index contributed by atoms with van der Waals surface area (Å²) in [6.45, 7) is 3.60. The molecule has 0 amide bonds. The SMILES string of the molecule is C/C=C/c1ccc(OC(C)/C=C2\C=CC(=O)C(CO)=C2)c(OC)c1. The van der Waals surface area contributed by atoms with E-state index in [4.69, 9.17) is 9.47 Å². The van der Waals surface area contributed by atoms with E-state index in [9.17, 15) is 9.90 Å². The summed E-state index contributed by atoms with van der Waals surface area (Å²) in [5.74, 6) is 1.15. The molecule has 1 atom stereocenters. The number of hydrogen-bond acceptors (Lipinski definition) is 4. The maximum atomic E-state index is 11.5. The molecule has 1 N–H and O–H groups in total. The van der Waals surface area contributed by atoms with Crippen molar-refractivity contribution in [2.24, 2.45) is 0 Å². The van der Waals surface area contributed by atoms with E-state index in [1.165, 1.54) is 6.08 Å². The third kappa shape index (κ3) is 4.46. The molecular formula is C20H22O4. The van der Waals surface area contributed by atoms with Gasteiger partial charge in [-0.2, -0.15) is 0 Å². The number of benzene rings is 1.